The summed E-state index contributed by atoms with van der Waals surface area (Å²) in [6.45, 7) is 4.22. The lowest BCUT2D eigenvalue weighted by atomic mass is 10.2. The summed E-state index contributed by atoms with van der Waals surface area (Å²) in [7, 11) is 0. The molecule has 0 aliphatic carbocycles. The minimum Gasteiger partial charge on any atom is -0.368 e. The summed E-state index contributed by atoms with van der Waals surface area (Å²) in [6.07, 6.45) is 2.70. The molecular weight excluding hydrogens is 258 g/mol. The number of anilines is 2. The van der Waals surface area contributed by atoms with Crippen molar-refractivity contribution >= 4 is 28.7 Å². The molecule has 0 radical (unpaired) electrons. The quantitative estimate of drug-likeness (QED) is 0.876. The number of carbonyl (C=O) groups excluding carboxylic acids is 1. The molecule has 2 aromatic rings. The molecule has 0 spiro atoms. The van der Waals surface area contributed by atoms with Crippen LogP contribution in [0.25, 0.3) is 0 Å². The molecule has 5 heteroatoms. The number of hydrogen-bond acceptors (Lipinski definition) is 4. The third kappa shape index (κ3) is 3.79. The molecule has 0 saturated carbocycles. The van der Waals surface area contributed by atoms with Gasteiger partial charge in [-0.3, -0.25) is 4.79 Å². The molecule has 1 atom stereocenters. The van der Waals surface area contributed by atoms with E-state index in [0.717, 1.165) is 12.2 Å². The second-order valence-electron chi connectivity index (χ2n) is 4.32. The highest BCUT2D eigenvalue weighted by molar-refractivity contribution is 7.12. The number of nitrogens with zero attached hydrogens (tertiary/aromatic N) is 1. The van der Waals surface area contributed by atoms with Crippen LogP contribution in [0.15, 0.2) is 35.8 Å². The standard InChI is InChI=1S/C14H17N3OS/c1-3-10(2)16-13-7-6-11(9-15-13)17-14(18)12-5-4-8-19-12/h4-10H,3H2,1-2H3,(H,15,16)(H,17,18). The molecule has 1 amide bonds. The van der Waals surface area contributed by atoms with Crippen LogP contribution in [0.2, 0.25) is 0 Å². The van der Waals surface area contributed by atoms with Gasteiger partial charge in [-0.1, -0.05) is 13.0 Å². The van der Waals surface area contributed by atoms with Crippen molar-refractivity contribution in [1.29, 1.82) is 0 Å². The van der Waals surface area contributed by atoms with Crippen molar-refractivity contribution in [3.8, 4) is 0 Å². The van der Waals surface area contributed by atoms with Crippen LogP contribution in [0.5, 0.6) is 0 Å². The maximum atomic E-state index is 11.8. The maximum absolute atomic E-state index is 11.8. The monoisotopic (exact) mass is 275 g/mol. The topological polar surface area (TPSA) is 54.0 Å². The van der Waals surface area contributed by atoms with Crippen molar-refractivity contribution < 1.29 is 4.79 Å². The van der Waals surface area contributed by atoms with Gasteiger partial charge in [0.1, 0.15) is 5.82 Å². The average Bonchev–Trinajstić information content (AvgIpc) is 2.95. The highest BCUT2D eigenvalue weighted by Crippen LogP contribution is 2.14. The molecule has 0 saturated heterocycles. The second-order valence-corrected chi connectivity index (χ2v) is 5.26. The molecule has 2 heterocycles. The normalized spacial score (nSPS) is 11.9. The van der Waals surface area contributed by atoms with Gasteiger partial charge in [-0.25, -0.2) is 4.98 Å². The molecule has 4 nitrogen and oxygen atoms in total. The van der Waals surface area contributed by atoms with Crippen LogP contribution in [0.3, 0.4) is 0 Å². The van der Waals surface area contributed by atoms with Crippen molar-refractivity contribution in [3.63, 3.8) is 0 Å². The van der Waals surface area contributed by atoms with Crippen molar-refractivity contribution in [2.45, 2.75) is 26.3 Å². The minimum absolute atomic E-state index is 0.0977. The maximum Gasteiger partial charge on any atom is 0.265 e. The SMILES string of the molecule is CCC(C)Nc1ccc(NC(=O)c2cccs2)cn1. The summed E-state index contributed by atoms with van der Waals surface area (Å²) in [6, 6.07) is 7.77. The summed E-state index contributed by atoms with van der Waals surface area (Å²) >= 11 is 1.42. The molecule has 0 bridgehead atoms. The lowest BCUT2D eigenvalue weighted by Gasteiger charge is -2.12. The molecule has 0 aliphatic rings. The zero-order chi connectivity index (χ0) is 13.7. The van der Waals surface area contributed by atoms with Crippen molar-refractivity contribution in [2.75, 3.05) is 10.6 Å². The fourth-order valence-corrected chi connectivity index (χ4v) is 2.13. The van der Waals surface area contributed by atoms with E-state index in [1.807, 2.05) is 23.6 Å². The fourth-order valence-electron chi connectivity index (χ4n) is 1.51. The molecule has 0 aliphatic heterocycles. The number of aromatic nitrogens is 1. The van der Waals surface area contributed by atoms with E-state index < -0.39 is 0 Å². The van der Waals surface area contributed by atoms with Crippen molar-refractivity contribution in [2.24, 2.45) is 0 Å². The Morgan fingerprint density at radius 1 is 1.42 bits per heavy atom. The molecule has 0 aromatic carbocycles. The molecule has 2 rings (SSSR count). The van der Waals surface area contributed by atoms with E-state index in [0.29, 0.717) is 16.6 Å². The number of carbonyl (C=O) groups is 1. The zero-order valence-corrected chi connectivity index (χ0v) is 11.8. The van der Waals surface area contributed by atoms with Crippen LogP contribution < -0.4 is 10.6 Å². The Bertz CT molecular complexity index is 522. The van der Waals surface area contributed by atoms with E-state index >= 15 is 0 Å². The summed E-state index contributed by atoms with van der Waals surface area (Å²) in [4.78, 5) is 16.8. The second kappa shape index (κ2) is 6.33. The van der Waals surface area contributed by atoms with Gasteiger partial charge in [-0.05, 0) is 36.9 Å². The van der Waals surface area contributed by atoms with Crippen LogP contribution in [-0.4, -0.2) is 16.9 Å². The molecule has 2 N–H and O–H groups in total. The zero-order valence-electron chi connectivity index (χ0n) is 11.0. The van der Waals surface area contributed by atoms with Gasteiger partial charge in [0.15, 0.2) is 0 Å². The average molecular weight is 275 g/mol. The number of rotatable bonds is 5. The van der Waals surface area contributed by atoms with E-state index in [2.05, 4.69) is 29.5 Å². The summed E-state index contributed by atoms with van der Waals surface area (Å²) in [5.74, 6) is 0.725. The van der Waals surface area contributed by atoms with Gasteiger partial charge in [0.2, 0.25) is 0 Å². The third-order valence-electron chi connectivity index (χ3n) is 2.77. The third-order valence-corrected chi connectivity index (χ3v) is 3.64. The molecule has 19 heavy (non-hydrogen) atoms. The number of thiophene rings is 1. The van der Waals surface area contributed by atoms with Crippen molar-refractivity contribution in [1.82, 2.24) is 4.98 Å². The highest BCUT2D eigenvalue weighted by atomic mass is 32.1. The smallest absolute Gasteiger partial charge is 0.265 e. The number of nitrogens with one attached hydrogen (secondary N) is 2. The van der Waals surface area contributed by atoms with Gasteiger partial charge in [0.25, 0.3) is 5.91 Å². The summed E-state index contributed by atoms with van der Waals surface area (Å²) in [5.41, 5.74) is 0.702. The Morgan fingerprint density at radius 2 is 2.26 bits per heavy atom. The first-order valence-electron chi connectivity index (χ1n) is 6.26. The van der Waals surface area contributed by atoms with Crippen LogP contribution in [0, 0.1) is 0 Å². The van der Waals surface area contributed by atoms with E-state index in [1.54, 1.807) is 12.3 Å². The molecular formula is C14H17N3OS. The first-order valence-corrected chi connectivity index (χ1v) is 7.14. The van der Waals surface area contributed by atoms with Gasteiger partial charge in [-0.2, -0.15) is 0 Å². The van der Waals surface area contributed by atoms with E-state index in [9.17, 15) is 4.79 Å². The molecule has 1 unspecified atom stereocenters. The van der Waals surface area contributed by atoms with E-state index in [-0.39, 0.29) is 5.91 Å². The van der Waals surface area contributed by atoms with Crippen LogP contribution in [0.1, 0.15) is 29.9 Å². The predicted octanol–water partition coefficient (Wildman–Crippen LogP) is 3.61. The Morgan fingerprint density at radius 3 is 2.84 bits per heavy atom. The van der Waals surface area contributed by atoms with Gasteiger partial charge in [-0.15, -0.1) is 11.3 Å². The number of amides is 1. The lowest BCUT2D eigenvalue weighted by molar-refractivity contribution is 0.103. The minimum atomic E-state index is -0.0977. The van der Waals surface area contributed by atoms with Crippen LogP contribution >= 0.6 is 11.3 Å². The largest absolute Gasteiger partial charge is 0.368 e. The Kier molecular flexibility index (Phi) is 4.52. The van der Waals surface area contributed by atoms with Crippen molar-refractivity contribution in [3.05, 3.63) is 40.7 Å². The summed E-state index contributed by atoms with van der Waals surface area (Å²) in [5, 5.41) is 7.98. The molecule has 0 fully saturated rings. The van der Waals surface area contributed by atoms with Gasteiger partial charge >= 0.3 is 0 Å². The van der Waals surface area contributed by atoms with Gasteiger partial charge in [0, 0.05) is 6.04 Å². The Labute approximate surface area is 116 Å². The number of hydrogen-bond donors (Lipinski definition) is 2. The Balaban J connectivity index is 1.97. The van der Waals surface area contributed by atoms with Crippen LogP contribution in [0.4, 0.5) is 11.5 Å². The summed E-state index contributed by atoms with van der Waals surface area (Å²) < 4.78 is 0. The Hall–Kier alpha value is -1.88. The fraction of sp³-hybridized carbons (Fsp3) is 0.286. The number of pyridine rings is 1. The molecule has 100 valence electrons. The highest BCUT2D eigenvalue weighted by Gasteiger charge is 2.07. The first-order chi connectivity index (χ1) is 9.19. The first kappa shape index (κ1) is 13.5. The van der Waals surface area contributed by atoms with E-state index in [1.165, 1.54) is 11.3 Å². The van der Waals surface area contributed by atoms with Crippen LogP contribution in [-0.2, 0) is 0 Å². The predicted molar refractivity (Wildman–Crippen MR) is 79.9 cm³/mol. The van der Waals surface area contributed by atoms with Gasteiger partial charge in [0.05, 0.1) is 16.8 Å². The lowest BCUT2D eigenvalue weighted by Crippen LogP contribution is -2.15. The van der Waals surface area contributed by atoms with E-state index in [4.69, 9.17) is 0 Å². The van der Waals surface area contributed by atoms with Gasteiger partial charge < -0.3 is 10.6 Å². The molecule has 2 aromatic heterocycles.